The van der Waals surface area contributed by atoms with Crippen molar-refractivity contribution in [3.05, 3.63) is 58.4 Å². The van der Waals surface area contributed by atoms with Crippen LogP contribution in [0.3, 0.4) is 0 Å². The quantitative estimate of drug-likeness (QED) is 0.530. The van der Waals surface area contributed by atoms with Crippen LogP contribution in [0.25, 0.3) is 0 Å². The lowest BCUT2D eigenvalue weighted by Crippen LogP contribution is -2.48. The van der Waals surface area contributed by atoms with Crippen LogP contribution >= 0.6 is 11.3 Å². The van der Waals surface area contributed by atoms with Crippen molar-refractivity contribution in [2.45, 2.75) is 20.4 Å². The number of hydrogen-bond donors (Lipinski definition) is 2. The van der Waals surface area contributed by atoms with Gasteiger partial charge in [-0.15, -0.1) is 21.5 Å². The van der Waals surface area contributed by atoms with Gasteiger partial charge in [-0.1, -0.05) is 6.07 Å². The van der Waals surface area contributed by atoms with E-state index in [9.17, 15) is 9.59 Å². The number of thiophene rings is 1. The van der Waals surface area contributed by atoms with Crippen LogP contribution in [0, 0.1) is 0 Å². The number of carbonyl (C=O) groups excluding carboxylic acids is 2. The number of ketones is 1. The van der Waals surface area contributed by atoms with Crippen molar-refractivity contribution >= 4 is 45.9 Å². The minimum Gasteiger partial charge on any atom is -0.378 e. The van der Waals surface area contributed by atoms with E-state index in [1.807, 2.05) is 40.6 Å². The molecule has 1 aliphatic heterocycles. The molecule has 0 spiro atoms. The van der Waals surface area contributed by atoms with Gasteiger partial charge in [0.25, 0.3) is 0 Å². The molecule has 1 fully saturated rings. The first-order valence-electron chi connectivity index (χ1n) is 10.5. The standard InChI is InChI=1S/C23H26N6O2S/c1-16(30)23-21(24-15-20-4-3-13-32-20)14-22(26-27-23)25-18-5-7-19(8-6-18)29-11-9-28(10-12-29)17(2)31/h3-8,13-14H,9-12,15H2,1-2H3,(H2,24,25,26). The van der Waals surface area contributed by atoms with E-state index >= 15 is 0 Å². The van der Waals surface area contributed by atoms with Gasteiger partial charge < -0.3 is 20.4 Å². The molecule has 3 aromatic rings. The number of aromatic nitrogens is 2. The summed E-state index contributed by atoms with van der Waals surface area (Å²) in [6.07, 6.45) is 0. The summed E-state index contributed by atoms with van der Waals surface area (Å²) in [6.45, 7) is 6.86. The van der Waals surface area contributed by atoms with Crippen molar-refractivity contribution in [1.82, 2.24) is 15.1 Å². The Bertz CT molecular complexity index is 1080. The molecule has 1 aromatic carbocycles. The molecule has 0 atom stereocenters. The third kappa shape index (κ3) is 5.23. The van der Waals surface area contributed by atoms with Gasteiger partial charge in [-0.05, 0) is 35.7 Å². The van der Waals surface area contributed by atoms with Gasteiger partial charge in [0, 0.05) is 68.9 Å². The third-order valence-corrected chi connectivity index (χ3v) is 6.27. The average molecular weight is 451 g/mol. The van der Waals surface area contributed by atoms with E-state index in [1.165, 1.54) is 11.8 Å². The van der Waals surface area contributed by atoms with Crippen molar-refractivity contribution in [3.8, 4) is 0 Å². The summed E-state index contributed by atoms with van der Waals surface area (Å²) in [7, 11) is 0. The number of Topliss-reactive ketones (excluding diaryl/α,β-unsaturated/α-hetero) is 1. The highest BCUT2D eigenvalue weighted by Gasteiger charge is 2.18. The number of nitrogens with one attached hydrogen (secondary N) is 2. The van der Waals surface area contributed by atoms with Gasteiger partial charge >= 0.3 is 0 Å². The molecule has 0 unspecified atom stereocenters. The Morgan fingerprint density at radius 3 is 2.41 bits per heavy atom. The molecule has 1 saturated heterocycles. The number of rotatable bonds is 7. The van der Waals surface area contributed by atoms with Crippen molar-refractivity contribution in [1.29, 1.82) is 0 Å². The van der Waals surface area contributed by atoms with Gasteiger partial charge in [0.15, 0.2) is 17.3 Å². The Kier molecular flexibility index (Phi) is 6.65. The smallest absolute Gasteiger partial charge is 0.219 e. The molecule has 1 aliphatic rings. The predicted octanol–water partition coefficient (Wildman–Crippen LogP) is 3.76. The molecule has 8 nitrogen and oxygen atoms in total. The molecule has 32 heavy (non-hydrogen) atoms. The van der Waals surface area contributed by atoms with E-state index in [-0.39, 0.29) is 11.7 Å². The van der Waals surface area contributed by atoms with Crippen molar-refractivity contribution in [3.63, 3.8) is 0 Å². The lowest BCUT2D eigenvalue weighted by molar-refractivity contribution is -0.129. The second-order valence-electron chi connectivity index (χ2n) is 7.65. The summed E-state index contributed by atoms with van der Waals surface area (Å²) in [5.74, 6) is 0.559. The van der Waals surface area contributed by atoms with Gasteiger partial charge in [-0.2, -0.15) is 0 Å². The summed E-state index contributed by atoms with van der Waals surface area (Å²) in [5, 5.41) is 16.9. The van der Waals surface area contributed by atoms with E-state index < -0.39 is 0 Å². The first-order chi connectivity index (χ1) is 15.5. The van der Waals surface area contributed by atoms with Gasteiger partial charge in [0.1, 0.15) is 0 Å². The second kappa shape index (κ2) is 9.78. The molecule has 2 aromatic heterocycles. The van der Waals surface area contributed by atoms with Gasteiger partial charge in [0.2, 0.25) is 5.91 Å². The van der Waals surface area contributed by atoms with E-state index in [4.69, 9.17) is 0 Å². The maximum atomic E-state index is 12.0. The molecule has 9 heteroatoms. The number of nitrogens with zero attached hydrogens (tertiary/aromatic N) is 4. The average Bonchev–Trinajstić information content (AvgIpc) is 3.32. The number of carbonyl (C=O) groups is 2. The van der Waals surface area contributed by atoms with Crippen LogP contribution < -0.4 is 15.5 Å². The molecular weight excluding hydrogens is 424 g/mol. The maximum Gasteiger partial charge on any atom is 0.219 e. The Morgan fingerprint density at radius 2 is 1.78 bits per heavy atom. The van der Waals surface area contributed by atoms with Crippen LogP contribution in [0.1, 0.15) is 29.2 Å². The largest absolute Gasteiger partial charge is 0.378 e. The van der Waals surface area contributed by atoms with Crippen molar-refractivity contribution in [2.75, 3.05) is 41.7 Å². The third-order valence-electron chi connectivity index (χ3n) is 5.39. The zero-order chi connectivity index (χ0) is 22.5. The lowest BCUT2D eigenvalue weighted by atomic mass is 10.2. The summed E-state index contributed by atoms with van der Waals surface area (Å²) >= 11 is 1.66. The van der Waals surface area contributed by atoms with E-state index in [1.54, 1.807) is 18.3 Å². The predicted molar refractivity (Wildman–Crippen MR) is 128 cm³/mol. The monoisotopic (exact) mass is 450 g/mol. The number of anilines is 4. The number of amides is 1. The Morgan fingerprint density at radius 1 is 1.03 bits per heavy atom. The summed E-state index contributed by atoms with van der Waals surface area (Å²) in [5.41, 5.74) is 2.98. The molecule has 0 aliphatic carbocycles. The van der Waals surface area contributed by atoms with Crippen LogP contribution in [-0.2, 0) is 11.3 Å². The zero-order valence-corrected chi connectivity index (χ0v) is 19.0. The Hall–Kier alpha value is -3.46. The van der Waals surface area contributed by atoms with Gasteiger partial charge in [-0.25, -0.2) is 0 Å². The lowest BCUT2D eigenvalue weighted by Gasteiger charge is -2.35. The minimum atomic E-state index is -0.132. The highest BCUT2D eigenvalue weighted by Crippen LogP contribution is 2.24. The van der Waals surface area contributed by atoms with Crippen LogP contribution in [0.2, 0.25) is 0 Å². The normalized spacial score (nSPS) is 13.7. The van der Waals surface area contributed by atoms with Crippen LogP contribution in [0.15, 0.2) is 47.8 Å². The molecule has 3 heterocycles. The molecule has 0 saturated carbocycles. The second-order valence-corrected chi connectivity index (χ2v) is 8.68. The van der Waals surface area contributed by atoms with Crippen LogP contribution in [0.5, 0.6) is 0 Å². The first kappa shape index (κ1) is 21.8. The summed E-state index contributed by atoms with van der Waals surface area (Å²) in [6, 6.07) is 13.9. The van der Waals surface area contributed by atoms with E-state index in [0.29, 0.717) is 23.7 Å². The van der Waals surface area contributed by atoms with Crippen LogP contribution in [-0.4, -0.2) is 53.0 Å². The fourth-order valence-corrected chi connectivity index (χ4v) is 4.27. The topological polar surface area (TPSA) is 90.5 Å². The molecule has 0 radical (unpaired) electrons. The molecular formula is C23H26N6O2S. The summed E-state index contributed by atoms with van der Waals surface area (Å²) in [4.78, 5) is 28.8. The molecule has 2 N–H and O–H groups in total. The SMILES string of the molecule is CC(=O)c1nnc(Nc2ccc(N3CCN(C(C)=O)CC3)cc2)cc1NCc1cccs1. The first-order valence-corrected chi connectivity index (χ1v) is 11.4. The summed E-state index contributed by atoms with van der Waals surface area (Å²) < 4.78 is 0. The van der Waals surface area contributed by atoms with Crippen molar-refractivity contribution in [2.24, 2.45) is 0 Å². The maximum absolute atomic E-state index is 12.0. The van der Waals surface area contributed by atoms with Crippen molar-refractivity contribution < 1.29 is 9.59 Å². The molecule has 1 amide bonds. The highest BCUT2D eigenvalue weighted by atomic mass is 32.1. The van der Waals surface area contributed by atoms with E-state index in [0.717, 1.165) is 37.6 Å². The minimum absolute atomic E-state index is 0.130. The molecule has 0 bridgehead atoms. The molecule has 166 valence electrons. The molecule has 4 rings (SSSR count). The number of benzene rings is 1. The van der Waals surface area contributed by atoms with E-state index in [2.05, 4.69) is 37.9 Å². The Balaban J connectivity index is 1.42. The number of piperazine rings is 1. The fraction of sp³-hybridized carbons (Fsp3) is 0.304. The van der Waals surface area contributed by atoms with Crippen LogP contribution in [0.4, 0.5) is 22.9 Å². The van der Waals surface area contributed by atoms with Gasteiger partial charge in [-0.3, -0.25) is 9.59 Å². The number of hydrogen-bond acceptors (Lipinski definition) is 8. The highest BCUT2D eigenvalue weighted by molar-refractivity contribution is 7.09. The Labute approximate surface area is 191 Å². The van der Waals surface area contributed by atoms with Gasteiger partial charge in [0.05, 0.1) is 5.69 Å². The zero-order valence-electron chi connectivity index (χ0n) is 18.2. The fourth-order valence-electron chi connectivity index (χ4n) is 3.63.